The summed E-state index contributed by atoms with van der Waals surface area (Å²) in [5.74, 6) is -0.126. The van der Waals surface area contributed by atoms with Gasteiger partial charge in [-0.1, -0.05) is 25.1 Å². The Morgan fingerprint density at radius 2 is 2.06 bits per heavy atom. The quantitative estimate of drug-likeness (QED) is 0.747. The molecule has 1 aromatic heterocycles. The largest absolute Gasteiger partial charge is 0.391 e. The summed E-state index contributed by atoms with van der Waals surface area (Å²) in [7, 11) is 0. The van der Waals surface area contributed by atoms with Crippen molar-refractivity contribution in [2.45, 2.75) is 31.2 Å². The molecular formula is C11H12Br2N2OS2. The monoisotopic (exact) mass is 410 g/mol. The van der Waals surface area contributed by atoms with Crippen molar-refractivity contribution >= 4 is 66.3 Å². The number of hydrogen-bond donors (Lipinski definition) is 2. The van der Waals surface area contributed by atoms with Crippen molar-refractivity contribution in [1.82, 2.24) is 5.32 Å². The molecule has 1 aromatic rings. The molecule has 1 aliphatic carbocycles. The van der Waals surface area contributed by atoms with E-state index >= 15 is 0 Å². The summed E-state index contributed by atoms with van der Waals surface area (Å²) < 4.78 is 1.72. The fourth-order valence-corrected chi connectivity index (χ4v) is 5.24. The number of thiophene rings is 1. The van der Waals surface area contributed by atoms with Gasteiger partial charge in [0.05, 0.1) is 23.7 Å². The smallest absolute Gasteiger partial charge is 0.254 e. The van der Waals surface area contributed by atoms with E-state index in [9.17, 15) is 4.79 Å². The van der Waals surface area contributed by atoms with Crippen LogP contribution in [0.5, 0.6) is 0 Å². The average molecular weight is 412 g/mol. The Kier molecular flexibility index (Phi) is 4.46. The first-order valence-electron chi connectivity index (χ1n) is 5.52. The van der Waals surface area contributed by atoms with Gasteiger partial charge in [0.15, 0.2) is 0 Å². The van der Waals surface area contributed by atoms with Gasteiger partial charge in [-0.2, -0.15) is 0 Å². The molecule has 0 spiro atoms. The zero-order chi connectivity index (χ0) is 13.3. The van der Waals surface area contributed by atoms with Crippen LogP contribution in [0.25, 0.3) is 0 Å². The fraction of sp³-hybridized carbons (Fsp3) is 0.455. The van der Waals surface area contributed by atoms with Gasteiger partial charge < -0.3 is 11.1 Å². The number of rotatable bonds is 3. The lowest BCUT2D eigenvalue weighted by molar-refractivity contribution is 0.0924. The number of carbonyl (C=O) groups excluding carboxylic acids is 1. The number of hydrogen-bond acceptors (Lipinski definition) is 3. The van der Waals surface area contributed by atoms with Crippen molar-refractivity contribution in [2.24, 2.45) is 5.73 Å². The van der Waals surface area contributed by atoms with Crippen LogP contribution in [0.15, 0.2) is 13.6 Å². The van der Waals surface area contributed by atoms with Crippen LogP contribution >= 0.6 is 55.4 Å². The van der Waals surface area contributed by atoms with E-state index < -0.39 is 5.54 Å². The normalized spacial score (nSPS) is 17.7. The highest BCUT2D eigenvalue weighted by molar-refractivity contribution is 9.12. The van der Waals surface area contributed by atoms with E-state index in [4.69, 9.17) is 18.0 Å². The predicted molar refractivity (Wildman–Crippen MR) is 85.2 cm³/mol. The van der Waals surface area contributed by atoms with Gasteiger partial charge in [-0.25, -0.2) is 0 Å². The Labute approximate surface area is 132 Å². The van der Waals surface area contributed by atoms with E-state index in [1.807, 2.05) is 0 Å². The molecule has 1 fully saturated rings. The van der Waals surface area contributed by atoms with Crippen molar-refractivity contribution in [3.05, 3.63) is 19.2 Å². The molecule has 7 heteroatoms. The molecule has 3 N–H and O–H groups in total. The molecule has 0 unspecified atom stereocenters. The van der Waals surface area contributed by atoms with Crippen LogP contribution in [0.2, 0.25) is 0 Å². The molecule has 0 bridgehead atoms. The third kappa shape index (κ3) is 2.79. The lowest BCUT2D eigenvalue weighted by Gasteiger charge is -2.28. The number of thiocarbonyl (C=S) groups is 1. The number of nitrogens with two attached hydrogens (primary N) is 1. The van der Waals surface area contributed by atoms with E-state index in [-0.39, 0.29) is 5.91 Å². The summed E-state index contributed by atoms with van der Waals surface area (Å²) in [5, 5.41) is 3.01. The summed E-state index contributed by atoms with van der Waals surface area (Å²) in [4.78, 5) is 12.7. The second-order valence-electron chi connectivity index (χ2n) is 4.35. The van der Waals surface area contributed by atoms with Crippen molar-refractivity contribution < 1.29 is 4.79 Å². The maximum absolute atomic E-state index is 12.3. The predicted octanol–water partition coefficient (Wildman–Crippen LogP) is 3.60. The van der Waals surface area contributed by atoms with E-state index in [2.05, 4.69) is 37.2 Å². The second kappa shape index (κ2) is 5.56. The minimum absolute atomic E-state index is 0.126. The highest BCUT2D eigenvalue weighted by atomic mass is 79.9. The van der Waals surface area contributed by atoms with Crippen LogP contribution < -0.4 is 11.1 Å². The van der Waals surface area contributed by atoms with Gasteiger partial charge in [-0.15, -0.1) is 11.3 Å². The third-order valence-electron chi connectivity index (χ3n) is 3.18. The van der Waals surface area contributed by atoms with Gasteiger partial charge in [0.1, 0.15) is 0 Å². The SMILES string of the molecule is NC(=S)C1(NC(=O)c2cc(Br)sc2Br)CCCC1. The zero-order valence-corrected chi connectivity index (χ0v) is 14.3. The fourth-order valence-electron chi connectivity index (χ4n) is 2.19. The first kappa shape index (κ1) is 14.4. The first-order valence-corrected chi connectivity index (χ1v) is 8.33. The number of halogens is 2. The molecule has 1 aliphatic rings. The summed E-state index contributed by atoms with van der Waals surface area (Å²) in [5.41, 5.74) is 5.92. The summed E-state index contributed by atoms with van der Waals surface area (Å²) in [6.07, 6.45) is 3.76. The maximum atomic E-state index is 12.3. The van der Waals surface area contributed by atoms with Gasteiger partial charge in [-0.3, -0.25) is 4.79 Å². The lowest BCUT2D eigenvalue weighted by atomic mass is 9.97. The Morgan fingerprint density at radius 1 is 1.44 bits per heavy atom. The number of nitrogens with one attached hydrogen (secondary N) is 1. The van der Waals surface area contributed by atoms with Crippen molar-refractivity contribution in [3.63, 3.8) is 0 Å². The molecule has 0 atom stereocenters. The van der Waals surface area contributed by atoms with E-state index in [0.29, 0.717) is 10.6 Å². The minimum Gasteiger partial charge on any atom is -0.391 e. The molecule has 2 rings (SSSR count). The summed E-state index contributed by atoms with van der Waals surface area (Å²) in [6, 6.07) is 1.80. The topological polar surface area (TPSA) is 55.1 Å². The van der Waals surface area contributed by atoms with Crippen molar-refractivity contribution in [3.8, 4) is 0 Å². The van der Waals surface area contributed by atoms with Crippen LogP contribution in [-0.2, 0) is 0 Å². The lowest BCUT2D eigenvalue weighted by Crippen LogP contribution is -2.54. The molecule has 3 nitrogen and oxygen atoms in total. The van der Waals surface area contributed by atoms with Crippen molar-refractivity contribution in [2.75, 3.05) is 0 Å². The summed E-state index contributed by atoms with van der Waals surface area (Å²) in [6.45, 7) is 0. The minimum atomic E-state index is -0.500. The van der Waals surface area contributed by atoms with Gasteiger partial charge in [0.2, 0.25) is 0 Å². The molecule has 98 valence electrons. The molecule has 0 aromatic carbocycles. The zero-order valence-electron chi connectivity index (χ0n) is 9.46. The highest BCUT2D eigenvalue weighted by Gasteiger charge is 2.38. The maximum Gasteiger partial charge on any atom is 0.254 e. The van der Waals surface area contributed by atoms with Crippen LogP contribution in [0.4, 0.5) is 0 Å². The molecular weight excluding hydrogens is 400 g/mol. The van der Waals surface area contributed by atoms with Crippen LogP contribution in [0.3, 0.4) is 0 Å². The Morgan fingerprint density at radius 3 is 2.50 bits per heavy atom. The van der Waals surface area contributed by atoms with Gasteiger partial charge >= 0.3 is 0 Å². The third-order valence-corrected chi connectivity index (χ3v) is 5.91. The molecule has 0 saturated heterocycles. The first-order chi connectivity index (χ1) is 8.44. The van der Waals surface area contributed by atoms with E-state index in [1.54, 1.807) is 6.07 Å². The summed E-state index contributed by atoms with van der Waals surface area (Å²) >= 11 is 13.3. The van der Waals surface area contributed by atoms with E-state index in [1.165, 1.54) is 11.3 Å². The molecule has 1 saturated carbocycles. The van der Waals surface area contributed by atoms with Gasteiger partial charge in [0.25, 0.3) is 5.91 Å². The van der Waals surface area contributed by atoms with Crippen LogP contribution in [-0.4, -0.2) is 16.4 Å². The molecule has 1 amide bonds. The molecule has 0 aliphatic heterocycles. The second-order valence-corrected chi connectivity index (χ2v) is 8.53. The molecule has 0 radical (unpaired) electrons. The van der Waals surface area contributed by atoms with Gasteiger partial charge in [-0.05, 0) is 50.8 Å². The molecule has 18 heavy (non-hydrogen) atoms. The van der Waals surface area contributed by atoms with Crippen molar-refractivity contribution in [1.29, 1.82) is 0 Å². The van der Waals surface area contributed by atoms with Crippen LogP contribution in [0, 0.1) is 0 Å². The number of carbonyl (C=O) groups is 1. The Hall–Kier alpha value is 0.0200. The average Bonchev–Trinajstić information content (AvgIpc) is 2.86. The standard InChI is InChI=1S/C11H12Br2N2OS2/c12-7-5-6(8(13)18-7)9(16)15-11(10(14)17)3-1-2-4-11/h5H,1-4H2,(H2,14,17)(H,15,16). The van der Waals surface area contributed by atoms with Gasteiger partial charge in [0, 0.05) is 0 Å². The Bertz CT molecular complexity index is 495. The van der Waals surface area contributed by atoms with Crippen LogP contribution in [0.1, 0.15) is 36.0 Å². The Balaban J connectivity index is 2.20. The van der Waals surface area contributed by atoms with E-state index in [0.717, 1.165) is 33.3 Å². The molecule has 1 heterocycles. The number of amides is 1. The highest BCUT2D eigenvalue weighted by Crippen LogP contribution is 2.34.